The van der Waals surface area contributed by atoms with E-state index in [0.29, 0.717) is 0 Å². The lowest BCUT2D eigenvalue weighted by molar-refractivity contribution is 0.668. The lowest BCUT2D eigenvalue weighted by atomic mass is 9.98. The van der Waals surface area contributed by atoms with Crippen molar-refractivity contribution in [1.29, 1.82) is 0 Å². The van der Waals surface area contributed by atoms with Crippen molar-refractivity contribution in [3.63, 3.8) is 0 Å². The number of furan rings is 2. The van der Waals surface area contributed by atoms with Gasteiger partial charge < -0.3 is 13.7 Å². The average Bonchev–Trinajstić information content (AvgIpc) is 3.96. The van der Waals surface area contributed by atoms with Crippen molar-refractivity contribution in [3.8, 4) is 22.3 Å². The Kier molecular flexibility index (Phi) is 6.80. The van der Waals surface area contributed by atoms with Gasteiger partial charge in [0.1, 0.15) is 16.7 Å². The van der Waals surface area contributed by atoms with E-state index in [1.165, 1.54) is 42.1 Å². The molecule has 0 saturated carbocycles. The molecule has 9 aromatic carbocycles. The fourth-order valence-electron chi connectivity index (χ4n) is 8.70. The first-order valence-electron chi connectivity index (χ1n) is 18.9. The van der Waals surface area contributed by atoms with Crippen LogP contribution in [0.1, 0.15) is 0 Å². The Bertz CT molecular complexity index is 3480. The molecular weight excluding hydrogens is 703 g/mol. The Labute approximate surface area is 325 Å². The first-order chi connectivity index (χ1) is 27.8. The van der Waals surface area contributed by atoms with E-state index in [9.17, 15) is 0 Å². The van der Waals surface area contributed by atoms with Crippen LogP contribution in [0.15, 0.2) is 197 Å². The number of benzene rings is 9. The molecular formula is C52H31NO2S. The molecule has 4 heteroatoms. The summed E-state index contributed by atoms with van der Waals surface area (Å²) in [6.07, 6.45) is 0. The predicted octanol–water partition coefficient (Wildman–Crippen LogP) is 15.8. The Balaban J connectivity index is 1.09. The molecule has 0 spiro atoms. The molecule has 3 nitrogen and oxygen atoms in total. The molecule has 0 bridgehead atoms. The fourth-order valence-corrected chi connectivity index (χ4v) is 9.93. The van der Waals surface area contributed by atoms with Crippen molar-refractivity contribution in [2.24, 2.45) is 0 Å². The van der Waals surface area contributed by atoms with E-state index in [4.69, 9.17) is 8.83 Å². The quantitative estimate of drug-likeness (QED) is 0.176. The topological polar surface area (TPSA) is 29.5 Å². The van der Waals surface area contributed by atoms with Crippen molar-refractivity contribution >= 4 is 103 Å². The molecule has 56 heavy (non-hydrogen) atoms. The Morgan fingerprint density at radius 2 is 1.00 bits per heavy atom. The molecule has 0 N–H and O–H groups in total. The van der Waals surface area contributed by atoms with Gasteiger partial charge in [-0.05, 0) is 76.9 Å². The van der Waals surface area contributed by atoms with Crippen LogP contribution in [-0.4, -0.2) is 0 Å². The average molecular weight is 734 g/mol. The molecule has 0 radical (unpaired) electrons. The summed E-state index contributed by atoms with van der Waals surface area (Å²) in [6.45, 7) is 0. The maximum Gasteiger partial charge on any atom is 0.159 e. The van der Waals surface area contributed by atoms with E-state index in [0.717, 1.165) is 72.1 Å². The fraction of sp³-hybridized carbons (Fsp3) is 0. The largest absolute Gasteiger partial charge is 0.456 e. The molecule has 0 saturated heterocycles. The lowest BCUT2D eigenvalue weighted by Crippen LogP contribution is -2.10. The molecule has 0 aliphatic carbocycles. The van der Waals surface area contributed by atoms with Crippen LogP contribution in [-0.2, 0) is 0 Å². The minimum Gasteiger partial charge on any atom is -0.456 e. The van der Waals surface area contributed by atoms with Crippen LogP contribution in [0.5, 0.6) is 0 Å². The second kappa shape index (κ2) is 12.2. The third-order valence-corrected chi connectivity index (χ3v) is 12.5. The number of rotatable bonds is 5. The zero-order chi connectivity index (χ0) is 36.7. The first kappa shape index (κ1) is 31.2. The first-order valence-corrected chi connectivity index (χ1v) is 19.7. The van der Waals surface area contributed by atoms with Crippen molar-refractivity contribution in [3.05, 3.63) is 188 Å². The molecule has 0 fully saturated rings. The monoisotopic (exact) mass is 733 g/mol. The van der Waals surface area contributed by atoms with Crippen molar-refractivity contribution in [2.75, 3.05) is 4.90 Å². The van der Waals surface area contributed by atoms with Gasteiger partial charge in [0.25, 0.3) is 0 Å². The van der Waals surface area contributed by atoms with Crippen LogP contribution in [0.3, 0.4) is 0 Å². The van der Waals surface area contributed by atoms with Gasteiger partial charge in [0.2, 0.25) is 0 Å². The molecule has 12 rings (SSSR count). The second-order valence-corrected chi connectivity index (χ2v) is 15.5. The Hall–Kier alpha value is -7.14. The lowest BCUT2D eigenvalue weighted by Gasteiger charge is -2.27. The number of para-hydroxylation sites is 2. The highest BCUT2D eigenvalue weighted by Gasteiger charge is 2.23. The van der Waals surface area contributed by atoms with Gasteiger partial charge >= 0.3 is 0 Å². The number of nitrogens with zero attached hydrogens (tertiary/aromatic N) is 1. The summed E-state index contributed by atoms with van der Waals surface area (Å²) >= 11 is 1.87. The van der Waals surface area contributed by atoms with E-state index in [-0.39, 0.29) is 0 Å². The SMILES string of the molecule is c1ccc(-c2ccc(N(c3cccc4c3ccc3c5ccccc5sc43)c3cccc4c3oc3cccc(-c5ccc6c(c5)oc5ccccc56)c34)cc2)cc1. The summed E-state index contributed by atoms with van der Waals surface area (Å²) in [5, 5.41) is 9.42. The molecule has 0 aliphatic heterocycles. The van der Waals surface area contributed by atoms with E-state index >= 15 is 0 Å². The Morgan fingerprint density at radius 3 is 1.89 bits per heavy atom. The summed E-state index contributed by atoms with van der Waals surface area (Å²) in [6, 6.07) is 67.1. The summed E-state index contributed by atoms with van der Waals surface area (Å²) in [5.41, 5.74) is 11.1. The van der Waals surface area contributed by atoms with Crippen LogP contribution < -0.4 is 4.90 Å². The van der Waals surface area contributed by atoms with Crippen molar-refractivity contribution in [1.82, 2.24) is 0 Å². The zero-order valence-corrected chi connectivity index (χ0v) is 30.9. The summed E-state index contributed by atoms with van der Waals surface area (Å²) in [5.74, 6) is 0. The minimum absolute atomic E-state index is 0.840. The number of hydrogen-bond donors (Lipinski definition) is 0. The standard InChI is InChI=1S/C52H31NO2S/c1-2-11-32(12-3-1)33-23-26-35(27-24-33)53(44-18-8-16-41-37(44)29-30-42-40-14-5-7-22-49(40)56-52(41)42)45-19-9-17-43-50-36(15-10-21-47(50)55-51(43)45)34-25-28-39-38-13-4-6-20-46(38)54-48(39)31-34/h1-31H. The van der Waals surface area contributed by atoms with Gasteiger partial charge in [0.05, 0.1) is 11.4 Å². The Morgan fingerprint density at radius 1 is 0.375 bits per heavy atom. The van der Waals surface area contributed by atoms with Gasteiger partial charge in [-0.2, -0.15) is 0 Å². The van der Waals surface area contributed by atoms with Crippen LogP contribution in [0.4, 0.5) is 17.1 Å². The number of thiophene rings is 1. The van der Waals surface area contributed by atoms with Crippen LogP contribution in [0.2, 0.25) is 0 Å². The van der Waals surface area contributed by atoms with Gasteiger partial charge in [-0.1, -0.05) is 133 Å². The highest BCUT2D eigenvalue weighted by Crippen LogP contribution is 2.48. The van der Waals surface area contributed by atoms with Gasteiger partial charge in [-0.15, -0.1) is 11.3 Å². The normalized spacial score (nSPS) is 11.9. The van der Waals surface area contributed by atoms with E-state index in [1.807, 2.05) is 23.5 Å². The third-order valence-electron chi connectivity index (χ3n) is 11.3. The smallest absolute Gasteiger partial charge is 0.159 e. The number of fused-ring (bicyclic) bond motifs is 11. The molecule has 0 aliphatic rings. The van der Waals surface area contributed by atoms with E-state index < -0.39 is 0 Å². The molecule has 0 atom stereocenters. The highest BCUT2D eigenvalue weighted by molar-refractivity contribution is 7.26. The third kappa shape index (κ3) is 4.70. The summed E-state index contributed by atoms with van der Waals surface area (Å²) < 4.78 is 15.9. The van der Waals surface area contributed by atoms with Crippen molar-refractivity contribution in [2.45, 2.75) is 0 Å². The molecule has 3 heterocycles. The van der Waals surface area contributed by atoms with E-state index in [2.05, 4.69) is 181 Å². The van der Waals surface area contributed by atoms with Crippen LogP contribution in [0.25, 0.3) is 97.1 Å². The molecule has 12 aromatic rings. The predicted molar refractivity (Wildman–Crippen MR) is 237 cm³/mol. The van der Waals surface area contributed by atoms with Gasteiger partial charge in [-0.3, -0.25) is 0 Å². The molecule has 0 unspecified atom stereocenters. The maximum atomic E-state index is 6.96. The molecule has 262 valence electrons. The van der Waals surface area contributed by atoms with Gasteiger partial charge in [-0.25, -0.2) is 0 Å². The minimum atomic E-state index is 0.840. The van der Waals surface area contributed by atoms with E-state index in [1.54, 1.807) is 0 Å². The van der Waals surface area contributed by atoms with Crippen LogP contribution in [0, 0.1) is 0 Å². The van der Waals surface area contributed by atoms with Gasteiger partial charge in [0.15, 0.2) is 5.58 Å². The highest BCUT2D eigenvalue weighted by atomic mass is 32.1. The summed E-state index contributed by atoms with van der Waals surface area (Å²) in [7, 11) is 0. The van der Waals surface area contributed by atoms with Crippen LogP contribution >= 0.6 is 11.3 Å². The molecule has 0 amide bonds. The summed E-state index contributed by atoms with van der Waals surface area (Å²) in [4.78, 5) is 2.38. The zero-order valence-electron chi connectivity index (χ0n) is 30.1. The number of hydrogen-bond acceptors (Lipinski definition) is 4. The molecule has 3 aromatic heterocycles. The maximum absolute atomic E-state index is 6.96. The number of anilines is 3. The van der Waals surface area contributed by atoms with Gasteiger partial charge in [0, 0.05) is 58.2 Å². The second-order valence-electron chi connectivity index (χ2n) is 14.4. The van der Waals surface area contributed by atoms with Crippen molar-refractivity contribution < 1.29 is 8.83 Å².